The van der Waals surface area contributed by atoms with Crippen LogP contribution < -0.4 is 21.6 Å². The van der Waals surface area contributed by atoms with Crippen LogP contribution in [0, 0.1) is 25.2 Å². The van der Waals surface area contributed by atoms with Gasteiger partial charge in [0.15, 0.2) is 0 Å². The number of nitrogens with zero attached hydrogens (tertiary/aromatic N) is 5. The fourth-order valence-corrected chi connectivity index (χ4v) is 4.50. The van der Waals surface area contributed by atoms with Crippen molar-refractivity contribution in [3.05, 3.63) is 70.8 Å². The van der Waals surface area contributed by atoms with Crippen molar-refractivity contribution in [2.24, 2.45) is 11.6 Å². The first-order chi connectivity index (χ1) is 17.9. The van der Waals surface area contributed by atoms with Crippen LogP contribution in [0.5, 0.6) is 5.75 Å². The largest absolute Gasteiger partial charge is 0.489 e. The van der Waals surface area contributed by atoms with Gasteiger partial charge in [-0.15, -0.1) is 0 Å². The van der Waals surface area contributed by atoms with Gasteiger partial charge in [0.05, 0.1) is 52.8 Å². The predicted octanol–water partition coefficient (Wildman–Crippen LogP) is 4.28. The lowest BCUT2D eigenvalue weighted by atomic mass is 9.98. The molecule has 0 radical (unpaired) electrons. The minimum absolute atomic E-state index is 0.252. The smallest absolute Gasteiger partial charge is 0.223 e. The summed E-state index contributed by atoms with van der Waals surface area (Å²) in [5, 5.41) is 14.2. The molecule has 1 saturated carbocycles. The Hall–Kier alpha value is -4.16. The molecule has 1 aliphatic rings. The summed E-state index contributed by atoms with van der Waals surface area (Å²) in [5.74, 6) is 7.35. The lowest BCUT2D eigenvalue weighted by Crippen LogP contribution is -2.32. The Labute approximate surface area is 218 Å². The van der Waals surface area contributed by atoms with Gasteiger partial charge in [-0.05, 0) is 63.8 Å². The summed E-state index contributed by atoms with van der Waals surface area (Å²) in [6.45, 7) is 4.10. The molecule has 2 heterocycles. The predicted molar refractivity (Wildman–Crippen MR) is 145 cm³/mol. The van der Waals surface area contributed by atoms with Gasteiger partial charge in [0, 0.05) is 18.3 Å². The summed E-state index contributed by atoms with van der Waals surface area (Å²) >= 11 is 0. The summed E-state index contributed by atoms with van der Waals surface area (Å²) < 4.78 is 6.21. The van der Waals surface area contributed by atoms with Crippen LogP contribution in [-0.4, -0.2) is 39.7 Å². The Morgan fingerprint density at radius 2 is 1.86 bits per heavy atom. The number of hydrogen-bond donors (Lipinski definition) is 3. The molecule has 1 fully saturated rings. The molecule has 0 aliphatic heterocycles. The van der Waals surface area contributed by atoms with Crippen molar-refractivity contribution in [2.75, 3.05) is 18.9 Å². The number of nitrogens with one attached hydrogen (secondary N) is 1. The van der Waals surface area contributed by atoms with Crippen LogP contribution in [0.4, 0.5) is 5.95 Å². The van der Waals surface area contributed by atoms with Crippen LogP contribution in [0.1, 0.15) is 54.7 Å². The van der Waals surface area contributed by atoms with Gasteiger partial charge < -0.3 is 20.8 Å². The number of hydrazine groups is 1. The van der Waals surface area contributed by atoms with Gasteiger partial charge in [-0.2, -0.15) is 5.26 Å². The van der Waals surface area contributed by atoms with Crippen molar-refractivity contribution in [3.8, 4) is 23.1 Å². The monoisotopic (exact) mass is 498 g/mol. The van der Waals surface area contributed by atoms with E-state index in [1.54, 1.807) is 13.1 Å². The highest BCUT2D eigenvalue weighted by atomic mass is 16.5. The summed E-state index contributed by atoms with van der Waals surface area (Å²) in [6.07, 6.45) is 6.12. The van der Waals surface area contributed by atoms with Crippen molar-refractivity contribution < 1.29 is 4.74 Å². The molecule has 1 aliphatic carbocycles. The molecule has 9 nitrogen and oxygen atoms in total. The molecule has 4 rings (SSSR count). The fraction of sp³-hybridized carbons (Fsp3) is 0.357. The number of ether oxygens (including phenoxy) is 1. The second-order valence-electron chi connectivity index (χ2n) is 9.36. The highest BCUT2D eigenvalue weighted by Gasteiger charge is 2.18. The maximum Gasteiger partial charge on any atom is 0.223 e. The molecule has 9 heteroatoms. The minimum Gasteiger partial charge on any atom is -0.489 e. The average Bonchev–Trinajstić information content (AvgIpc) is 2.90. The maximum absolute atomic E-state index is 9.48. The number of aromatic nitrogens is 3. The Kier molecular flexibility index (Phi) is 8.21. The molecule has 0 saturated heterocycles. The Balaban J connectivity index is 1.54. The van der Waals surface area contributed by atoms with Gasteiger partial charge in [0.2, 0.25) is 5.95 Å². The number of nitriles is 1. The quantitative estimate of drug-likeness (QED) is 0.307. The minimum atomic E-state index is 0.252. The maximum atomic E-state index is 9.48. The van der Waals surface area contributed by atoms with Gasteiger partial charge in [0.25, 0.3) is 0 Å². The zero-order valence-electron chi connectivity index (χ0n) is 21.7. The molecule has 0 unspecified atom stereocenters. The molecule has 1 aromatic carbocycles. The van der Waals surface area contributed by atoms with Gasteiger partial charge >= 0.3 is 0 Å². The van der Waals surface area contributed by atoms with Crippen molar-refractivity contribution in [1.82, 2.24) is 20.0 Å². The second-order valence-corrected chi connectivity index (χ2v) is 9.36. The molecule has 0 spiro atoms. The van der Waals surface area contributed by atoms with Crippen molar-refractivity contribution in [1.29, 1.82) is 5.26 Å². The number of nitrogens with two attached hydrogens (primary N) is 2. The fourth-order valence-electron chi connectivity index (χ4n) is 4.50. The summed E-state index contributed by atoms with van der Waals surface area (Å²) in [5.41, 5.74) is 11.8. The lowest BCUT2D eigenvalue weighted by molar-refractivity contribution is 0.153. The van der Waals surface area contributed by atoms with Crippen LogP contribution in [0.3, 0.4) is 0 Å². The third kappa shape index (κ3) is 6.35. The Morgan fingerprint density at radius 1 is 1.11 bits per heavy atom. The third-order valence-electron chi connectivity index (χ3n) is 6.49. The van der Waals surface area contributed by atoms with E-state index in [-0.39, 0.29) is 12.6 Å². The molecule has 0 atom stereocenters. The molecule has 37 heavy (non-hydrogen) atoms. The van der Waals surface area contributed by atoms with E-state index >= 15 is 0 Å². The van der Waals surface area contributed by atoms with Crippen LogP contribution >= 0.6 is 0 Å². The number of benzene rings is 1. The van der Waals surface area contributed by atoms with Gasteiger partial charge in [0.1, 0.15) is 5.75 Å². The average molecular weight is 499 g/mol. The van der Waals surface area contributed by atoms with Crippen LogP contribution in [0.2, 0.25) is 0 Å². The molecule has 2 aromatic heterocycles. The molecular formula is C28H34N8O. The summed E-state index contributed by atoms with van der Waals surface area (Å²) in [4.78, 5) is 13.8. The molecule has 3 aromatic rings. The number of anilines is 1. The van der Waals surface area contributed by atoms with Gasteiger partial charge in [-0.3, -0.25) is 0 Å². The first-order valence-corrected chi connectivity index (χ1v) is 12.6. The lowest BCUT2D eigenvalue weighted by Gasteiger charge is -2.24. The van der Waals surface area contributed by atoms with E-state index in [1.165, 1.54) is 24.3 Å². The molecular weight excluding hydrogens is 464 g/mol. The SMILES string of the molecule is Cc1cc(-c2ccccc2C#N)nc(NC/C(=C(/N)c2ccc(OC3CCCCC3)c(C)n2)N(C)N)n1. The van der Waals surface area contributed by atoms with Crippen molar-refractivity contribution in [2.45, 2.75) is 52.1 Å². The number of rotatable bonds is 8. The van der Waals surface area contributed by atoms with Crippen LogP contribution in [0.25, 0.3) is 17.0 Å². The van der Waals surface area contributed by atoms with Gasteiger partial charge in [-0.1, -0.05) is 24.6 Å². The molecule has 0 amide bonds. The standard InChI is InChI=1S/C28H34N8O/c1-18-15-24(22-12-8-7-9-20(22)16-29)35-28(33-18)32-17-25(36(3)31)27(30)23-13-14-26(19(2)34-23)37-21-10-5-4-6-11-21/h7-9,12-15,21H,4-6,10-11,17,30-31H2,1-3H3,(H,32,33,35)/b27-25-. The highest BCUT2D eigenvalue weighted by Crippen LogP contribution is 2.27. The topological polar surface area (TPSA) is 139 Å². The Bertz CT molecular complexity index is 1320. The van der Waals surface area contributed by atoms with E-state index < -0.39 is 0 Å². The normalized spacial score (nSPS) is 14.5. The molecule has 0 bridgehead atoms. The van der Waals surface area contributed by atoms with E-state index in [9.17, 15) is 5.26 Å². The molecule has 5 N–H and O–H groups in total. The third-order valence-corrected chi connectivity index (χ3v) is 6.49. The van der Waals surface area contributed by atoms with E-state index in [1.807, 2.05) is 50.2 Å². The summed E-state index contributed by atoms with van der Waals surface area (Å²) in [6, 6.07) is 15.2. The van der Waals surface area contributed by atoms with Gasteiger partial charge in [-0.25, -0.2) is 20.8 Å². The Morgan fingerprint density at radius 3 is 2.57 bits per heavy atom. The van der Waals surface area contributed by atoms with Crippen molar-refractivity contribution in [3.63, 3.8) is 0 Å². The molecule has 192 valence electrons. The number of likely N-dealkylation sites (N-methyl/N-ethyl adjacent to an activating group) is 1. The second kappa shape index (κ2) is 11.7. The number of pyridine rings is 1. The zero-order valence-corrected chi connectivity index (χ0v) is 21.7. The van der Waals surface area contributed by atoms with Crippen molar-refractivity contribution >= 4 is 11.6 Å². The van der Waals surface area contributed by atoms with E-state index in [2.05, 4.69) is 21.4 Å². The number of hydrogen-bond acceptors (Lipinski definition) is 9. The zero-order chi connectivity index (χ0) is 26.4. The summed E-state index contributed by atoms with van der Waals surface area (Å²) in [7, 11) is 1.73. The number of aryl methyl sites for hydroxylation is 2. The first kappa shape index (κ1) is 25.9. The van der Waals surface area contributed by atoms with Crippen LogP contribution in [0.15, 0.2) is 48.2 Å². The van der Waals surface area contributed by atoms with E-state index in [0.29, 0.717) is 34.3 Å². The van der Waals surface area contributed by atoms with Crippen LogP contribution in [-0.2, 0) is 0 Å². The first-order valence-electron chi connectivity index (χ1n) is 12.6. The highest BCUT2D eigenvalue weighted by molar-refractivity contribution is 5.68. The van der Waals surface area contributed by atoms with E-state index in [4.69, 9.17) is 21.3 Å². The van der Waals surface area contributed by atoms with E-state index in [0.717, 1.165) is 35.5 Å².